The average molecular weight is 218 g/mol. The minimum absolute atomic E-state index is 0.0885. The number of phenolic OH excluding ortho intramolecular Hbond substituents is 2. The van der Waals surface area contributed by atoms with Crippen molar-refractivity contribution in [3.63, 3.8) is 0 Å². The van der Waals surface area contributed by atoms with Crippen molar-refractivity contribution in [2.45, 2.75) is 6.92 Å². The highest BCUT2D eigenvalue weighted by Crippen LogP contribution is 2.32. The van der Waals surface area contributed by atoms with Gasteiger partial charge in [0, 0.05) is 6.92 Å². The van der Waals surface area contributed by atoms with Crippen LogP contribution in [0.5, 0.6) is 17.2 Å². The van der Waals surface area contributed by atoms with Crippen LogP contribution < -0.4 is 4.74 Å². The summed E-state index contributed by atoms with van der Waals surface area (Å²) in [6.07, 6.45) is 0. The van der Waals surface area contributed by atoms with Gasteiger partial charge < -0.3 is 14.9 Å². The van der Waals surface area contributed by atoms with Crippen LogP contribution >= 0.6 is 0 Å². The maximum atomic E-state index is 10.8. The Morgan fingerprint density at radius 2 is 1.88 bits per heavy atom. The summed E-state index contributed by atoms with van der Waals surface area (Å²) in [5, 5.41) is 20.3. The topological polar surface area (TPSA) is 66.8 Å². The number of aromatic hydroxyl groups is 2. The van der Waals surface area contributed by atoms with Crippen LogP contribution in [-0.2, 0) is 4.79 Å². The molecule has 0 aliphatic carbocycles. The van der Waals surface area contributed by atoms with Crippen molar-refractivity contribution in [1.82, 2.24) is 0 Å². The quantitative estimate of drug-likeness (QED) is 0.568. The number of phenols is 2. The number of carbonyl (C=O) groups is 1. The third-order valence-electron chi connectivity index (χ3n) is 2.16. The van der Waals surface area contributed by atoms with E-state index in [2.05, 4.69) is 0 Å². The van der Waals surface area contributed by atoms with Crippen molar-refractivity contribution in [1.29, 1.82) is 0 Å². The Morgan fingerprint density at radius 1 is 1.12 bits per heavy atom. The Morgan fingerprint density at radius 3 is 2.56 bits per heavy atom. The van der Waals surface area contributed by atoms with Gasteiger partial charge in [-0.15, -0.1) is 0 Å². The van der Waals surface area contributed by atoms with Crippen LogP contribution in [0.1, 0.15) is 6.92 Å². The predicted molar refractivity (Wildman–Crippen MR) is 58.6 cm³/mol. The Bertz CT molecular complexity index is 560. The maximum absolute atomic E-state index is 10.8. The highest BCUT2D eigenvalue weighted by Gasteiger charge is 2.07. The smallest absolute Gasteiger partial charge is 0.308 e. The minimum atomic E-state index is -0.505. The minimum Gasteiger partial charge on any atom is -0.508 e. The molecule has 0 saturated carbocycles. The Labute approximate surface area is 91.7 Å². The molecular formula is C12H10O4. The van der Waals surface area contributed by atoms with E-state index in [1.165, 1.54) is 31.2 Å². The fourth-order valence-electron chi connectivity index (χ4n) is 1.49. The fourth-order valence-corrected chi connectivity index (χ4v) is 1.49. The molecule has 0 amide bonds. The molecule has 2 aromatic carbocycles. The van der Waals surface area contributed by atoms with E-state index >= 15 is 0 Å². The molecule has 2 aromatic rings. The van der Waals surface area contributed by atoms with Crippen molar-refractivity contribution >= 4 is 16.7 Å². The van der Waals surface area contributed by atoms with Gasteiger partial charge in [0.25, 0.3) is 0 Å². The van der Waals surface area contributed by atoms with Gasteiger partial charge in [-0.05, 0) is 35.0 Å². The van der Waals surface area contributed by atoms with Gasteiger partial charge >= 0.3 is 5.97 Å². The summed E-state index contributed by atoms with van der Waals surface area (Å²) in [6.45, 7) is 1.26. The summed E-state index contributed by atoms with van der Waals surface area (Å²) in [5.74, 6) is -0.402. The molecule has 0 atom stereocenters. The van der Waals surface area contributed by atoms with E-state index in [0.29, 0.717) is 5.39 Å². The average Bonchev–Trinajstić information content (AvgIpc) is 2.19. The molecule has 2 N–H and O–H groups in total. The summed E-state index contributed by atoms with van der Waals surface area (Å²) in [7, 11) is 0. The van der Waals surface area contributed by atoms with Crippen LogP contribution in [0.2, 0.25) is 0 Å². The molecule has 0 spiro atoms. The monoisotopic (exact) mass is 218 g/mol. The molecule has 0 heterocycles. The zero-order valence-corrected chi connectivity index (χ0v) is 8.60. The first-order valence-electron chi connectivity index (χ1n) is 4.70. The molecule has 0 aliphatic heterocycles. The van der Waals surface area contributed by atoms with Crippen molar-refractivity contribution < 1.29 is 19.7 Å². The van der Waals surface area contributed by atoms with Crippen LogP contribution in [0.4, 0.5) is 0 Å². The molecule has 82 valence electrons. The highest BCUT2D eigenvalue weighted by atomic mass is 16.5. The normalized spacial score (nSPS) is 10.3. The van der Waals surface area contributed by atoms with E-state index < -0.39 is 5.97 Å². The second-order valence-corrected chi connectivity index (χ2v) is 3.45. The molecule has 0 unspecified atom stereocenters. The van der Waals surface area contributed by atoms with Crippen molar-refractivity contribution in [3.8, 4) is 17.2 Å². The highest BCUT2D eigenvalue weighted by molar-refractivity contribution is 5.88. The Kier molecular flexibility index (Phi) is 2.40. The Balaban J connectivity index is 2.59. The van der Waals surface area contributed by atoms with E-state index in [1.807, 2.05) is 0 Å². The lowest BCUT2D eigenvalue weighted by molar-refractivity contribution is -0.132. The summed E-state index contributed by atoms with van der Waals surface area (Å²) >= 11 is 0. The summed E-state index contributed by atoms with van der Waals surface area (Å²) < 4.78 is 4.82. The molecule has 4 nitrogen and oxygen atoms in total. The standard InChI is InChI=1S/C12H10O4/c1-7(13)16-12-6-9-4-10(14)3-2-8(9)5-11(12)15/h2-6,14-15H,1H3. The first kappa shape index (κ1) is 10.3. The second-order valence-electron chi connectivity index (χ2n) is 3.45. The van der Waals surface area contributed by atoms with Gasteiger partial charge in [-0.3, -0.25) is 4.79 Å². The number of carbonyl (C=O) groups excluding carboxylic acids is 1. The number of esters is 1. The van der Waals surface area contributed by atoms with E-state index in [1.54, 1.807) is 6.07 Å². The third kappa shape index (κ3) is 1.91. The zero-order valence-electron chi connectivity index (χ0n) is 8.60. The Hall–Kier alpha value is -2.23. The molecule has 2 rings (SSSR count). The summed E-state index contributed by atoms with van der Waals surface area (Å²) in [6, 6.07) is 7.70. The number of rotatable bonds is 1. The number of hydrogen-bond acceptors (Lipinski definition) is 4. The molecular weight excluding hydrogens is 208 g/mol. The molecule has 4 heteroatoms. The number of fused-ring (bicyclic) bond motifs is 1. The van der Waals surface area contributed by atoms with E-state index in [0.717, 1.165) is 5.39 Å². The molecule has 0 fully saturated rings. The lowest BCUT2D eigenvalue weighted by atomic mass is 10.1. The van der Waals surface area contributed by atoms with Gasteiger partial charge in [0.1, 0.15) is 5.75 Å². The summed E-state index contributed by atoms with van der Waals surface area (Å²) in [5.41, 5.74) is 0. The largest absolute Gasteiger partial charge is 0.508 e. The SMILES string of the molecule is CC(=O)Oc1cc2cc(O)ccc2cc1O. The zero-order chi connectivity index (χ0) is 11.7. The van der Waals surface area contributed by atoms with Crippen LogP contribution in [0.15, 0.2) is 30.3 Å². The third-order valence-corrected chi connectivity index (χ3v) is 2.16. The van der Waals surface area contributed by atoms with Crippen LogP contribution in [0.25, 0.3) is 10.8 Å². The molecule has 16 heavy (non-hydrogen) atoms. The van der Waals surface area contributed by atoms with Crippen molar-refractivity contribution in [2.24, 2.45) is 0 Å². The fraction of sp³-hybridized carbons (Fsp3) is 0.0833. The van der Waals surface area contributed by atoms with Gasteiger partial charge in [0.15, 0.2) is 11.5 Å². The molecule has 0 saturated heterocycles. The van der Waals surface area contributed by atoms with E-state index in [9.17, 15) is 15.0 Å². The van der Waals surface area contributed by atoms with Gasteiger partial charge in [-0.2, -0.15) is 0 Å². The maximum Gasteiger partial charge on any atom is 0.308 e. The number of hydrogen-bond donors (Lipinski definition) is 2. The van der Waals surface area contributed by atoms with Crippen LogP contribution in [0, 0.1) is 0 Å². The molecule has 0 aromatic heterocycles. The lowest BCUT2D eigenvalue weighted by Crippen LogP contribution is -2.01. The van der Waals surface area contributed by atoms with Crippen LogP contribution in [-0.4, -0.2) is 16.2 Å². The van der Waals surface area contributed by atoms with Crippen molar-refractivity contribution in [2.75, 3.05) is 0 Å². The predicted octanol–water partition coefficient (Wildman–Crippen LogP) is 2.18. The molecule has 0 aliphatic rings. The van der Waals surface area contributed by atoms with Gasteiger partial charge in [0.05, 0.1) is 0 Å². The van der Waals surface area contributed by atoms with Crippen LogP contribution in [0.3, 0.4) is 0 Å². The second kappa shape index (κ2) is 3.73. The van der Waals surface area contributed by atoms with Crippen molar-refractivity contribution in [3.05, 3.63) is 30.3 Å². The molecule has 0 bridgehead atoms. The van der Waals surface area contributed by atoms with Gasteiger partial charge in [-0.1, -0.05) is 6.07 Å². The number of benzene rings is 2. The molecule has 0 radical (unpaired) electrons. The summed E-state index contributed by atoms with van der Waals surface area (Å²) in [4.78, 5) is 10.8. The first-order valence-corrected chi connectivity index (χ1v) is 4.70. The lowest BCUT2D eigenvalue weighted by Gasteiger charge is -2.06. The van der Waals surface area contributed by atoms with E-state index in [4.69, 9.17) is 4.74 Å². The van der Waals surface area contributed by atoms with Gasteiger partial charge in [-0.25, -0.2) is 0 Å². The first-order chi connectivity index (χ1) is 7.56. The van der Waals surface area contributed by atoms with Gasteiger partial charge in [0.2, 0.25) is 0 Å². The van der Waals surface area contributed by atoms with E-state index in [-0.39, 0.29) is 17.2 Å². The number of ether oxygens (including phenoxy) is 1.